The van der Waals surface area contributed by atoms with Crippen molar-refractivity contribution in [1.29, 1.82) is 0 Å². The highest BCUT2D eigenvalue weighted by molar-refractivity contribution is 6.30. The van der Waals surface area contributed by atoms with Gasteiger partial charge in [-0.3, -0.25) is 0 Å². The van der Waals surface area contributed by atoms with Crippen LogP contribution in [-0.4, -0.2) is 12.6 Å². The molecule has 0 atom stereocenters. The number of benzene rings is 1. The maximum Gasteiger partial charge on any atom is 0.145 e. The molecule has 0 saturated heterocycles. The molecule has 0 aromatic heterocycles. The summed E-state index contributed by atoms with van der Waals surface area (Å²) in [6, 6.07) is 6.17. The summed E-state index contributed by atoms with van der Waals surface area (Å²) in [6.45, 7) is 0.913. The third kappa shape index (κ3) is 2.00. The molecule has 3 aliphatic carbocycles. The Kier molecular flexibility index (Phi) is 2.91. The van der Waals surface area contributed by atoms with Crippen molar-refractivity contribution >= 4 is 11.6 Å². The molecular weight excluding hydrogens is 273 g/mol. The summed E-state index contributed by atoms with van der Waals surface area (Å²) in [5.41, 5.74) is 1.36. The average molecular weight is 294 g/mol. The van der Waals surface area contributed by atoms with Crippen LogP contribution < -0.4 is 5.32 Å². The van der Waals surface area contributed by atoms with Crippen molar-refractivity contribution in [1.82, 2.24) is 5.32 Å². The quantitative estimate of drug-likeness (QED) is 0.866. The van der Waals surface area contributed by atoms with Crippen molar-refractivity contribution in [3.05, 3.63) is 34.6 Å². The molecule has 0 aliphatic heterocycles. The number of hydrogen-bond donors (Lipinski definition) is 1. The first-order valence-corrected chi connectivity index (χ1v) is 8.18. The summed E-state index contributed by atoms with van der Waals surface area (Å²) < 4.78 is 14.5. The lowest BCUT2D eigenvalue weighted by Gasteiger charge is -2.61. The first-order chi connectivity index (χ1) is 9.63. The van der Waals surface area contributed by atoms with Gasteiger partial charge in [0.2, 0.25) is 0 Å². The van der Waals surface area contributed by atoms with Gasteiger partial charge >= 0.3 is 0 Å². The molecule has 1 nitrogen and oxygen atoms in total. The molecule has 0 amide bonds. The van der Waals surface area contributed by atoms with Crippen molar-refractivity contribution < 1.29 is 4.39 Å². The molecule has 108 valence electrons. The Morgan fingerprint density at radius 3 is 2.60 bits per heavy atom. The fourth-order valence-corrected chi connectivity index (χ4v) is 4.54. The molecule has 1 aromatic rings. The van der Waals surface area contributed by atoms with Crippen LogP contribution in [0.3, 0.4) is 0 Å². The van der Waals surface area contributed by atoms with Crippen LogP contribution in [0.1, 0.15) is 50.5 Å². The zero-order chi connectivity index (χ0) is 13.8. The molecule has 0 unspecified atom stereocenters. The average Bonchev–Trinajstić information content (AvgIpc) is 3.14. The second kappa shape index (κ2) is 4.45. The molecule has 3 aliphatic rings. The van der Waals surface area contributed by atoms with Crippen LogP contribution in [0.5, 0.6) is 0 Å². The van der Waals surface area contributed by atoms with Gasteiger partial charge in [0.15, 0.2) is 0 Å². The summed E-state index contributed by atoms with van der Waals surface area (Å²) in [5, 5.41) is 3.89. The van der Waals surface area contributed by atoms with Gasteiger partial charge < -0.3 is 5.32 Å². The molecule has 1 N–H and O–H groups in total. The van der Waals surface area contributed by atoms with Crippen LogP contribution in [0.4, 0.5) is 4.39 Å². The van der Waals surface area contributed by atoms with Gasteiger partial charge in [0, 0.05) is 18.0 Å². The Bertz CT molecular complexity index is 526. The first-order valence-electron chi connectivity index (χ1n) is 7.81. The van der Waals surface area contributed by atoms with Gasteiger partial charge in [0.25, 0.3) is 0 Å². The van der Waals surface area contributed by atoms with Crippen molar-refractivity contribution in [3.63, 3.8) is 0 Å². The molecule has 0 heterocycles. The summed E-state index contributed by atoms with van der Waals surface area (Å²) >= 11 is 6.00. The van der Waals surface area contributed by atoms with Crippen molar-refractivity contribution in [2.24, 2.45) is 5.41 Å². The van der Waals surface area contributed by atoms with E-state index in [1.54, 1.807) is 6.07 Å². The van der Waals surface area contributed by atoms with E-state index >= 15 is 0 Å². The van der Waals surface area contributed by atoms with Gasteiger partial charge in [0.05, 0.1) is 5.02 Å². The third-order valence-electron chi connectivity index (χ3n) is 5.67. The first kappa shape index (κ1) is 13.1. The number of halogens is 2. The minimum atomic E-state index is -0.194. The Balaban J connectivity index is 1.62. The van der Waals surface area contributed by atoms with Crippen LogP contribution in [0, 0.1) is 11.2 Å². The molecule has 3 saturated carbocycles. The van der Waals surface area contributed by atoms with Crippen molar-refractivity contribution in [2.45, 2.75) is 56.4 Å². The predicted molar refractivity (Wildman–Crippen MR) is 79.6 cm³/mol. The molecule has 1 spiro atoms. The van der Waals surface area contributed by atoms with Crippen LogP contribution in [-0.2, 0) is 5.41 Å². The van der Waals surface area contributed by atoms with E-state index in [0.717, 1.165) is 24.9 Å². The molecule has 3 heteroatoms. The van der Waals surface area contributed by atoms with E-state index in [1.807, 2.05) is 12.1 Å². The van der Waals surface area contributed by atoms with E-state index in [9.17, 15) is 4.39 Å². The van der Waals surface area contributed by atoms with Crippen LogP contribution in [0.25, 0.3) is 0 Å². The maximum absolute atomic E-state index is 14.5. The van der Waals surface area contributed by atoms with Gasteiger partial charge in [-0.05, 0) is 55.6 Å². The van der Waals surface area contributed by atoms with E-state index in [1.165, 1.54) is 32.1 Å². The van der Waals surface area contributed by atoms with Gasteiger partial charge in [-0.2, -0.15) is 0 Å². The Morgan fingerprint density at radius 2 is 2.00 bits per heavy atom. The van der Waals surface area contributed by atoms with Crippen LogP contribution >= 0.6 is 11.6 Å². The Labute approximate surface area is 124 Å². The lowest BCUT2D eigenvalue weighted by Crippen LogP contribution is -2.57. The molecular formula is C17H21ClFN. The molecule has 3 fully saturated rings. The minimum Gasteiger partial charge on any atom is -0.313 e. The third-order valence-corrected chi connectivity index (χ3v) is 5.96. The lowest BCUT2D eigenvalue weighted by atomic mass is 9.43. The van der Waals surface area contributed by atoms with E-state index in [4.69, 9.17) is 11.6 Å². The van der Waals surface area contributed by atoms with Gasteiger partial charge in [0.1, 0.15) is 5.82 Å². The van der Waals surface area contributed by atoms with Crippen molar-refractivity contribution in [3.8, 4) is 0 Å². The van der Waals surface area contributed by atoms with E-state index in [-0.39, 0.29) is 16.3 Å². The number of nitrogens with one attached hydrogen (secondary N) is 1. The molecule has 4 rings (SSSR count). The Hall–Kier alpha value is -0.600. The largest absolute Gasteiger partial charge is 0.313 e. The van der Waals surface area contributed by atoms with E-state index in [0.29, 0.717) is 11.5 Å². The van der Waals surface area contributed by atoms with Gasteiger partial charge in [-0.25, -0.2) is 4.39 Å². The topological polar surface area (TPSA) is 12.0 Å². The van der Waals surface area contributed by atoms with Gasteiger partial charge in [-0.15, -0.1) is 0 Å². The van der Waals surface area contributed by atoms with Crippen LogP contribution in [0.15, 0.2) is 18.2 Å². The highest BCUT2D eigenvalue weighted by atomic mass is 35.5. The van der Waals surface area contributed by atoms with Crippen LogP contribution in [0.2, 0.25) is 5.02 Å². The predicted octanol–water partition coefficient (Wildman–Crippen LogP) is 4.43. The summed E-state index contributed by atoms with van der Waals surface area (Å²) in [6.07, 6.45) is 8.84. The summed E-state index contributed by atoms with van der Waals surface area (Å²) in [5.74, 6) is -0.194. The number of rotatable bonds is 4. The van der Waals surface area contributed by atoms with E-state index in [2.05, 4.69) is 5.32 Å². The second-order valence-corrected chi connectivity index (χ2v) is 7.65. The molecule has 0 bridgehead atoms. The summed E-state index contributed by atoms with van der Waals surface area (Å²) in [4.78, 5) is 0. The fourth-order valence-electron chi connectivity index (χ4n) is 4.37. The Morgan fingerprint density at radius 1 is 1.25 bits per heavy atom. The summed E-state index contributed by atoms with van der Waals surface area (Å²) in [7, 11) is 0. The number of hydrogen-bond acceptors (Lipinski definition) is 1. The highest BCUT2D eigenvalue weighted by Crippen LogP contribution is 2.65. The zero-order valence-electron chi connectivity index (χ0n) is 11.7. The maximum atomic E-state index is 14.5. The zero-order valence-corrected chi connectivity index (χ0v) is 12.5. The van der Waals surface area contributed by atoms with Gasteiger partial charge in [-0.1, -0.05) is 30.2 Å². The molecule has 1 aromatic carbocycles. The second-order valence-electron chi connectivity index (χ2n) is 7.24. The fraction of sp³-hybridized carbons (Fsp3) is 0.647. The minimum absolute atomic E-state index is 0.0159. The van der Waals surface area contributed by atoms with Crippen molar-refractivity contribution in [2.75, 3.05) is 6.54 Å². The normalized spacial score (nSPS) is 26.1. The smallest absolute Gasteiger partial charge is 0.145 e. The lowest BCUT2D eigenvalue weighted by molar-refractivity contribution is -0.0498. The SMILES string of the molecule is Fc1c(Cl)cccc1C1(CNC2CC2)CC2(CCC2)C1. The van der Waals surface area contributed by atoms with E-state index < -0.39 is 0 Å². The molecule has 0 radical (unpaired) electrons. The monoisotopic (exact) mass is 293 g/mol. The highest BCUT2D eigenvalue weighted by Gasteiger charge is 2.58. The molecule has 20 heavy (non-hydrogen) atoms. The standard InChI is InChI=1S/C17H21ClFN/c18-14-4-1-3-13(15(14)19)17(11-20-12-5-6-12)9-16(10-17)7-2-8-16/h1,3-4,12,20H,2,5-11H2.